The van der Waals surface area contributed by atoms with E-state index >= 15 is 0 Å². The van der Waals surface area contributed by atoms with Crippen LogP contribution in [0.2, 0.25) is 0 Å². The van der Waals surface area contributed by atoms with E-state index in [-0.39, 0.29) is 31.1 Å². The predicted octanol–water partition coefficient (Wildman–Crippen LogP) is 21.4. The van der Waals surface area contributed by atoms with E-state index in [9.17, 15) is 14.4 Å². The van der Waals surface area contributed by atoms with E-state index in [1.165, 1.54) is 141 Å². The highest BCUT2D eigenvalue weighted by Crippen LogP contribution is 2.15. The van der Waals surface area contributed by atoms with Gasteiger partial charge in [-0.2, -0.15) is 0 Å². The second-order valence-electron chi connectivity index (χ2n) is 20.6. The van der Waals surface area contributed by atoms with Crippen molar-refractivity contribution in [3.8, 4) is 0 Å². The summed E-state index contributed by atoms with van der Waals surface area (Å²) in [6.45, 7) is 6.50. The first-order chi connectivity index (χ1) is 37.0. The van der Waals surface area contributed by atoms with Crippen LogP contribution in [0.25, 0.3) is 0 Å². The number of allylic oxidation sites excluding steroid dienone is 18. The van der Waals surface area contributed by atoms with E-state index in [0.717, 1.165) is 109 Å². The Morgan fingerprint density at radius 1 is 0.280 bits per heavy atom. The molecule has 0 spiro atoms. The van der Waals surface area contributed by atoms with Gasteiger partial charge in [-0.3, -0.25) is 14.4 Å². The third-order valence-corrected chi connectivity index (χ3v) is 13.3. The van der Waals surface area contributed by atoms with Gasteiger partial charge in [0.15, 0.2) is 6.10 Å². The number of hydrogen-bond acceptors (Lipinski definition) is 6. The molecule has 6 nitrogen and oxygen atoms in total. The predicted molar refractivity (Wildman–Crippen MR) is 325 cm³/mol. The quantitative estimate of drug-likeness (QED) is 0.0261. The van der Waals surface area contributed by atoms with Crippen molar-refractivity contribution in [1.82, 2.24) is 0 Å². The lowest BCUT2D eigenvalue weighted by Gasteiger charge is -2.18. The van der Waals surface area contributed by atoms with E-state index < -0.39 is 6.10 Å². The van der Waals surface area contributed by atoms with Crippen molar-refractivity contribution in [3.63, 3.8) is 0 Å². The molecule has 0 aromatic heterocycles. The molecular formula is C69H116O6. The Balaban J connectivity index is 4.41. The molecule has 1 atom stereocenters. The second-order valence-corrected chi connectivity index (χ2v) is 20.6. The number of ether oxygens (including phenoxy) is 3. The maximum atomic E-state index is 12.9. The van der Waals surface area contributed by atoms with E-state index in [2.05, 4.69) is 130 Å². The molecular weight excluding hydrogens is 925 g/mol. The van der Waals surface area contributed by atoms with Gasteiger partial charge in [-0.05, 0) is 109 Å². The topological polar surface area (TPSA) is 78.9 Å². The Morgan fingerprint density at radius 3 is 0.853 bits per heavy atom. The second kappa shape index (κ2) is 62.6. The monoisotopic (exact) mass is 1040 g/mol. The van der Waals surface area contributed by atoms with Crippen molar-refractivity contribution >= 4 is 17.9 Å². The van der Waals surface area contributed by atoms with Crippen molar-refractivity contribution < 1.29 is 28.6 Å². The lowest BCUT2D eigenvalue weighted by atomic mass is 10.0. The number of hydrogen-bond donors (Lipinski definition) is 0. The lowest BCUT2D eigenvalue weighted by Crippen LogP contribution is -2.30. The fourth-order valence-corrected chi connectivity index (χ4v) is 8.57. The molecule has 0 rings (SSSR count). The molecule has 75 heavy (non-hydrogen) atoms. The molecule has 0 bridgehead atoms. The van der Waals surface area contributed by atoms with Crippen molar-refractivity contribution in [2.45, 2.75) is 297 Å². The zero-order valence-corrected chi connectivity index (χ0v) is 49.0. The Bertz CT molecular complexity index is 1520. The fraction of sp³-hybridized carbons (Fsp3) is 0.696. The highest BCUT2D eigenvalue weighted by atomic mass is 16.6. The molecule has 0 aliphatic rings. The summed E-state index contributed by atoms with van der Waals surface area (Å²) in [5, 5.41) is 0. The molecule has 0 saturated carbocycles. The standard InChI is InChI=1S/C69H116O6/c1-4-7-10-13-16-19-22-25-27-29-31-32-33-34-35-36-37-38-39-41-42-44-47-50-53-56-59-62-68(71)74-65-66(64-73-67(70)61-58-55-52-49-46-24-21-18-15-12-9-6-3)75-69(72)63-60-57-54-51-48-45-43-40-30-28-26-23-20-17-14-11-8-5-2/h7,10,16,19,25,27-28,30-32,34-35,37-38,41-42,47,50,66H,4-6,8-9,11-15,17-18,20-24,26,29,33,36,39-40,43-46,48-49,51-65H2,1-3H3/b10-7-,19-16-,27-25-,30-28-,32-31-,35-34-,38-37-,42-41-,50-47-. The molecule has 0 N–H and O–H groups in total. The summed E-state index contributed by atoms with van der Waals surface area (Å²) in [6, 6.07) is 0. The van der Waals surface area contributed by atoms with Gasteiger partial charge in [-0.15, -0.1) is 0 Å². The highest BCUT2D eigenvalue weighted by Gasteiger charge is 2.19. The van der Waals surface area contributed by atoms with E-state index in [1.54, 1.807) is 0 Å². The zero-order chi connectivity index (χ0) is 54.3. The minimum Gasteiger partial charge on any atom is -0.462 e. The molecule has 1 unspecified atom stereocenters. The number of carbonyl (C=O) groups is 3. The average Bonchev–Trinajstić information content (AvgIpc) is 3.41. The van der Waals surface area contributed by atoms with Gasteiger partial charge in [0.25, 0.3) is 0 Å². The normalized spacial score (nSPS) is 12.8. The van der Waals surface area contributed by atoms with Crippen LogP contribution >= 0.6 is 0 Å². The molecule has 428 valence electrons. The van der Waals surface area contributed by atoms with Gasteiger partial charge in [-0.25, -0.2) is 0 Å². The molecule has 0 aromatic carbocycles. The summed E-state index contributed by atoms with van der Waals surface area (Å²) >= 11 is 0. The maximum absolute atomic E-state index is 12.9. The third-order valence-electron chi connectivity index (χ3n) is 13.3. The molecule has 0 aromatic rings. The number of unbranched alkanes of at least 4 members (excludes halogenated alkanes) is 27. The van der Waals surface area contributed by atoms with Crippen LogP contribution in [0.4, 0.5) is 0 Å². The van der Waals surface area contributed by atoms with Crippen LogP contribution in [-0.2, 0) is 28.6 Å². The smallest absolute Gasteiger partial charge is 0.306 e. The molecule has 0 radical (unpaired) electrons. The van der Waals surface area contributed by atoms with Gasteiger partial charge in [0.1, 0.15) is 13.2 Å². The van der Waals surface area contributed by atoms with Crippen molar-refractivity contribution in [2.75, 3.05) is 13.2 Å². The van der Waals surface area contributed by atoms with Crippen LogP contribution in [0.15, 0.2) is 109 Å². The SMILES string of the molecule is CC/C=C\C/C=C\C/C=C\C/C=C\C/C=C\C/C=C\C/C=C\C/C=C\CCCCC(=O)OCC(COC(=O)CCCCCCCCCCCCCC)OC(=O)CCCCCCCCC/C=C\CCCCCCCCC. The van der Waals surface area contributed by atoms with Crippen LogP contribution in [0.3, 0.4) is 0 Å². The van der Waals surface area contributed by atoms with E-state index in [4.69, 9.17) is 14.2 Å². The van der Waals surface area contributed by atoms with Crippen molar-refractivity contribution in [3.05, 3.63) is 109 Å². The molecule has 0 aliphatic carbocycles. The number of esters is 3. The summed E-state index contributed by atoms with van der Waals surface area (Å²) in [4.78, 5) is 38.2. The first kappa shape index (κ1) is 71.1. The Labute approximate surface area is 463 Å². The van der Waals surface area contributed by atoms with Gasteiger partial charge in [0.05, 0.1) is 0 Å². The maximum Gasteiger partial charge on any atom is 0.306 e. The van der Waals surface area contributed by atoms with E-state index in [1.807, 2.05) is 0 Å². The number of rotatable bonds is 56. The Morgan fingerprint density at radius 2 is 0.520 bits per heavy atom. The minimum atomic E-state index is -0.799. The van der Waals surface area contributed by atoms with Crippen LogP contribution in [-0.4, -0.2) is 37.2 Å². The molecule has 0 aliphatic heterocycles. The largest absolute Gasteiger partial charge is 0.462 e. The van der Waals surface area contributed by atoms with Crippen LogP contribution in [0.1, 0.15) is 290 Å². The molecule has 6 heteroatoms. The first-order valence-electron chi connectivity index (χ1n) is 31.4. The molecule has 0 heterocycles. The summed E-state index contributed by atoms with van der Waals surface area (Å²) in [5.74, 6) is -0.936. The summed E-state index contributed by atoms with van der Waals surface area (Å²) in [6.07, 6.45) is 85.2. The van der Waals surface area contributed by atoms with Crippen LogP contribution < -0.4 is 0 Å². The summed E-state index contributed by atoms with van der Waals surface area (Å²) in [5.41, 5.74) is 0. The van der Waals surface area contributed by atoms with Gasteiger partial charge in [-0.1, -0.05) is 271 Å². The van der Waals surface area contributed by atoms with Gasteiger partial charge < -0.3 is 14.2 Å². The van der Waals surface area contributed by atoms with Crippen molar-refractivity contribution in [1.29, 1.82) is 0 Å². The summed E-state index contributed by atoms with van der Waals surface area (Å²) < 4.78 is 16.9. The molecule has 0 fully saturated rings. The lowest BCUT2D eigenvalue weighted by molar-refractivity contribution is -0.167. The Kier molecular flexibility index (Phi) is 59.3. The molecule has 0 saturated heterocycles. The number of carbonyl (C=O) groups excluding carboxylic acids is 3. The van der Waals surface area contributed by atoms with Gasteiger partial charge in [0.2, 0.25) is 0 Å². The minimum absolute atomic E-state index is 0.0922. The summed E-state index contributed by atoms with van der Waals surface area (Å²) in [7, 11) is 0. The van der Waals surface area contributed by atoms with Gasteiger partial charge in [0, 0.05) is 19.3 Å². The van der Waals surface area contributed by atoms with Crippen LogP contribution in [0.5, 0.6) is 0 Å². The van der Waals surface area contributed by atoms with Crippen molar-refractivity contribution in [2.24, 2.45) is 0 Å². The molecule has 0 amide bonds. The zero-order valence-electron chi connectivity index (χ0n) is 49.0. The Hall–Kier alpha value is -3.93. The first-order valence-corrected chi connectivity index (χ1v) is 31.4. The van der Waals surface area contributed by atoms with E-state index in [0.29, 0.717) is 19.3 Å². The average molecular weight is 1040 g/mol. The third kappa shape index (κ3) is 60.8. The van der Waals surface area contributed by atoms with Crippen LogP contribution in [0, 0.1) is 0 Å². The highest BCUT2D eigenvalue weighted by molar-refractivity contribution is 5.71. The van der Waals surface area contributed by atoms with Gasteiger partial charge >= 0.3 is 17.9 Å². The fourth-order valence-electron chi connectivity index (χ4n) is 8.57.